The van der Waals surface area contributed by atoms with Crippen molar-refractivity contribution in [3.05, 3.63) is 72.6 Å². The lowest BCUT2D eigenvalue weighted by Crippen LogP contribution is -2.56. The number of nitrogens with zero attached hydrogens (tertiary/aromatic N) is 4. The van der Waals surface area contributed by atoms with Gasteiger partial charge in [0.2, 0.25) is 11.8 Å². The third kappa shape index (κ3) is 7.56. The molecule has 2 saturated heterocycles. The minimum Gasteiger partial charge on any atom is -0.453 e. The van der Waals surface area contributed by atoms with Gasteiger partial charge in [-0.15, -0.1) is 0 Å². The summed E-state index contributed by atoms with van der Waals surface area (Å²) in [6.07, 6.45) is 7.55. The monoisotopic (exact) mass is 806 g/mol. The Morgan fingerprint density at radius 3 is 1.44 bits per heavy atom. The lowest BCUT2D eigenvalue weighted by molar-refractivity contribution is -0.141. The van der Waals surface area contributed by atoms with Crippen molar-refractivity contribution in [2.24, 2.45) is 17.8 Å². The highest BCUT2D eigenvalue weighted by Crippen LogP contribution is 2.51. The van der Waals surface area contributed by atoms with Crippen molar-refractivity contribution in [3.8, 4) is 33.6 Å². The molecule has 4 N–H and O–H groups in total. The molecule has 0 radical (unpaired) electrons. The number of likely N-dealkylation sites (tertiary alicyclic amines) is 2. The van der Waals surface area contributed by atoms with Crippen molar-refractivity contribution in [2.45, 2.75) is 102 Å². The average molecular weight is 807 g/mol. The van der Waals surface area contributed by atoms with Crippen LogP contribution in [0.3, 0.4) is 0 Å². The van der Waals surface area contributed by atoms with Gasteiger partial charge in [-0.2, -0.15) is 0 Å². The smallest absolute Gasteiger partial charge is 0.407 e. The Labute approximate surface area is 344 Å². The number of aromatic nitrogens is 4. The molecule has 312 valence electrons. The van der Waals surface area contributed by atoms with Crippen LogP contribution in [0.15, 0.2) is 60.9 Å². The van der Waals surface area contributed by atoms with Crippen molar-refractivity contribution in [3.63, 3.8) is 0 Å². The molecular formula is C44H54N8O7. The summed E-state index contributed by atoms with van der Waals surface area (Å²) in [7, 11) is 4.10. The molecule has 4 amide bonds. The van der Waals surface area contributed by atoms with Crippen LogP contribution in [0, 0.1) is 17.8 Å². The average Bonchev–Trinajstić information content (AvgIpc) is 4.13. The summed E-state index contributed by atoms with van der Waals surface area (Å²) in [5.74, 6) is 1.68. The number of nitrogens with one attached hydrogen (secondary N) is 4. The summed E-state index contributed by atoms with van der Waals surface area (Å²) < 4.78 is 15.1. The Morgan fingerprint density at radius 2 is 1.03 bits per heavy atom. The zero-order valence-corrected chi connectivity index (χ0v) is 34.4. The number of piperidine rings is 2. The largest absolute Gasteiger partial charge is 0.453 e. The maximum absolute atomic E-state index is 14.0. The number of amides is 4. The molecule has 2 aliphatic heterocycles. The first-order valence-corrected chi connectivity index (χ1v) is 20.7. The quantitative estimate of drug-likeness (QED) is 0.126. The normalized spacial score (nSPS) is 24.6. The number of fused-ring (bicyclic) bond motifs is 4. The van der Waals surface area contributed by atoms with Crippen molar-refractivity contribution < 1.29 is 33.4 Å². The Bertz CT molecular complexity index is 2170. The molecule has 59 heavy (non-hydrogen) atoms. The molecule has 2 aromatic carbocycles. The van der Waals surface area contributed by atoms with Crippen LogP contribution in [0.2, 0.25) is 0 Å². The molecule has 9 atom stereocenters. The number of benzene rings is 2. The fourth-order valence-corrected chi connectivity index (χ4v) is 9.99. The van der Waals surface area contributed by atoms with Crippen molar-refractivity contribution in [1.29, 1.82) is 0 Å². The molecular weight excluding hydrogens is 753 g/mol. The summed E-state index contributed by atoms with van der Waals surface area (Å²) in [6.45, 7) is 5.61. The molecule has 2 aromatic heterocycles. The number of rotatable bonds is 12. The van der Waals surface area contributed by atoms with Crippen LogP contribution in [0.5, 0.6) is 0 Å². The van der Waals surface area contributed by atoms with Crippen LogP contribution in [-0.2, 0) is 23.8 Å². The first-order valence-electron chi connectivity index (χ1n) is 20.7. The fraction of sp³-hybridized carbons (Fsp3) is 0.500. The van der Waals surface area contributed by atoms with E-state index in [0.717, 1.165) is 83.8 Å². The minimum atomic E-state index is -0.889. The van der Waals surface area contributed by atoms with E-state index in [2.05, 4.69) is 69.1 Å². The molecule has 4 fully saturated rings. The van der Waals surface area contributed by atoms with Crippen LogP contribution in [0.4, 0.5) is 9.59 Å². The summed E-state index contributed by atoms with van der Waals surface area (Å²) >= 11 is 0. The number of carbonyl (C=O) groups is 4. The highest BCUT2D eigenvalue weighted by molar-refractivity contribution is 5.88. The Hall–Kier alpha value is -5.70. The van der Waals surface area contributed by atoms with E-state index >= 15 is 0 Å². The van der Waals surface area contributed by atoms with Gasteiger partial charge < -0.3 is 44.6 Å². The standard InChI is InChI=1S/C44H54N8O7/c1-23(2)35(49-43(55)58-5)41(53)51-31-17-15-29(19-31)37(51)39-45-21-33(47-39)27-11-7-25(8-12-27)26-9-13-28(14-10-26)34-22-46-40(48-34)38-30-16-18-32(20-30)52(38)42(54)36(24(3)57-4)50-44(56)59-6/h7-14,21-24,29-32,35-38H,15-20H2,1-6H3,(H,45,47)(H,46,48)(H,49,55)(H,50,56). The van der Waals surface area contributed by atoms with E-state index < -0.39 is 30.4 Å². The summed E-state index contributed by atoms with van der Waals surface area (Å²) in [5, 5.41) is 5.44. The molecule has 4 aliphatic rings. The van der Waals surface area contributed by atoms with Gasteiger partial charge in [0.05, 0.1) is 56.2 Å². The van der Waals surface area contributed by atoms with Gasteiger partial charge >= 0.3 is 12.2 Å². The maximum Gasteiger partial charge on any atom is 0.407 e. The van der Waals surface area contributed by atoms with Crippen molar-refractivity contribution in [2.75, 3.05) is 21.3 Å². The molecule has 2 saturated carbocycles. The SMILES string of the molecule is COC(=O)NC(C(=O)N1C2CCC(C2)C1c1ncc(-c2ccc(-c3ccc(-c4cnc(C5C6CCC(C6)N5C(=O)C(NC(=O)OC)C(C)OC)[nH]4)cc3)cc2)[nH]1)C(C)C. The number of hydrogen-bond donors (Lipinski definition) is 4. The van der Waals surface area contributed by atoms with Crippen molar-refractivity contribution >= 4 is 24.0 Å². The third-order valence-electron chi connectivity index (χ3n) is 13.1. The number of alkyl carbamates (subject to hydrolysis) is 2. The predicted molar refractivity (Wildman–Crippen MR) is 218 cm³/mol. The van der Waals surface area contributed by atoms with Gasteiger partial charge in [0.15, 0.2) is 0 Å². The Balaban J connectivity index is 0.952. The first-order chi connectivity index (χ1) is 28.5. The predicted octanol–water partition coefficient (Wildman–Crippen LogP) is 6.38. The van der Waals surface area contributed by atoms with Crippen LogP contribution >= 0.6 is 0 Å². The van der Waals surface area contributed by atoms with E-state index in [9.17, 15) is 19.2 Å². The molecule has 8 rings (SSSR count). The lowest BCUT2D eigenvalue weighted by Gasteiger charge is -2.37. The van der Waals surface area contributed by atoms with E-state index in [-0.39, 0.29) is 47.8 Å². The summed E-state index contributed by atoms with van der Waals surface area (Å²) in [4.78, 5) is 72.7. The second kappa shape index (κ2) is 16.5. The number of aromatic amines is 2. The first kappa shape index (κ1) is 40.1. The molecule has 4 bridgehead atoms. The lowest BCUT2D eigenvalue weighted by atomic mass is 9.95. The highest BCUT2D eigenvalue weighted by atomic mass is 16.5. The topological polar surface area (TPSA) is 184 Å². The van der Waals surface area contributed by atoms with Gasteiger partial charge in [-0.05, 0) is 85.5 Å². The van der Waals surface area contributed by atoms with Gasteiger partial charge in [0, 0.05) is 19.2 Å². The van der Waals surface area contributed by atoms with Crippen LogP contribution in [0.1, 0.15) is 83.0 Å². The second-order valence-corrected chi connectivity index (χ2v) is 16.8. The van der Waals surface area contributed by atoms with E-state index in [1.54, 1.807) is 6.92 Å². The number of hydrogen-bond acceptors (Lipinski definition) is 9. The summed E-state index contributed by atoms with van der Waals surface area (Å²) in [6, 6.07) is 14.8. The van der Waals surface area contributed by atoms with Gasteiger partial charge in [0.1, 0.15) is 23.7 Å². The van der Waals surface area contributed by atoms with Gasteiger partial charge in [-0.3, -0.25) is 9.59 Å². The van der Waals surface area contributed by atoms with E-state index in [1.807, 2.05) is 36.0 Å². The van der Waals surface area contributed by atoms with E-state index in [4.69, 9.17) is 24.2 Å². The number of carbonyl (C=O) groups excluding carboxylic acids is 4. The summed E-state index contributed by atoms with van der Waals surface area (Å²) in [5.41, 5.74) is 5.81. The Morgan fingerprint density at radius 1 is 0.627 bits per heavy atom. The maximum atomic E-state index is 14.0. The number of methoxy groups -OCH3 is 3. The fourth-order valence-electron chi connectivity index (χ4n) is 9.99. The molecule has 15 heteroatoms. The van der Waals surface area contributed by atoms with Crippen molar-refractivity contribution in [1.82, 2.24) is 40.4 Å². The van der Waals surface area contributed by atoms with Crippen LogP contribution in [-0.4, -0.2) is 105 Å². The van der Waals surface area contributed by atoms with E-state index in [1.165, 1.54) is 21.3 Å². The molecule has 15 nitrogen and oxygen atoms in total. The molecule has 0 spiro atoms. The minimum absolute atomic E-state index is 0.0716. The molecule has 4 aromatic rings. The number of H-pyrrole nitrogens is 2. The second-order valence-electron chi connectivity index (χ2n) is 16.8. The zero-order chi connectivity index (χ0) is 41.5. The highest BCUT2D eigenvalue weighted by Gasteiger charge is 2.53. The van der Waals surface area contributed by atoms with Crippen LogP contribution < -0.4 is 10.6 Å². The van der Waals surface area contributed by atoms with E-state index in [0.29, 0.717) is 5.92 Å². The third-order valence-corrected chi connectivity index (χ3v) is 13.1. The Kier molecular flexibility index (Phi) is 11.2. The number of ether oxygens (including phenoxy) is 3. The molecule has 4 heterocycles. The molecule has 9 unspecified atom stereocenters. The van der Waals surface area contributed by atoms with Gasteiger partial charge in [0.25, 0.3) is 0 Å². The molecule has 2 aliphatic carbocycles. The zero-order valence-electron chi connectivity index (χ0n) is 34.4. The van der Waals surface area contributed by atoms with Gasteiger partial charge in [-0.1, -0.05) is 62.4 Å². The number of imidazole rings is 2. The van der Waals surface area contributed by atoms with Crippen LogP contribution in [0.25, 0.3) is 33.6 Å². The van der Waals surface area contributed by atoms with Gasteiger partial charge in [-0.25, -0.2) is 19.6 Å².